The number of hydrogen-bond acceptors (Lipinski definition) is 4. The molecule has 0 amide bonds. The molecule has 0 fully saturated rings. The Morgan fingerprint density at radius 2 is 1.81 bits per heavy atom. The van der Waals surface area contributed by atoms with Gasteiger partial charge in [0.15, 0.2) is 0 Å². The molecule has 0 aliphatic carbocycles. The van der Waals surface area contributed by atoms with Crippen LogP contribution in [0.5, 0.6) is 0 Å². The van der Waals surface area contributed by atoms with E-state index in [4.69, 9.17) is 18.0 Å². The second-order valence-corrected chi connectivity index (χ2v) is 5.08. The Labute approximate surface area is 131 Å². The molecule has 1 aromatic carbocycles. The molecule has 5 heteroatoms. The van der Waals surface area contributed by atoms with E-state index >= 15 is 0 Å². The van der Waals surface area contributed by atoms with Crippen LogP contribution in [0.1, 0.15) is 19.5 Å². The van der Waals surface area contributed by atoms with Crippen molar-refractivity contribution in [3.63, 3.8) is 0 Å². The first kappa shape index (κ1) is 15.3. The molecule has 110 valence electrons. The van der Waals surface area contributed by atoms with E-state index in [0.29, 0.717) is 10.7 Å². The van der Waals surface area contributed by atoms with Crippen molar-refractivity contribution in [3.05, 3.63) is 48.3 Å². The molecule has 4 nitrogen and oxygen atoms in total. The molecular weight excluding hydrogens is 280 g/mol. The van der Waals surface area contributed by atoms with E-state index in [1.807, 2.05) is 12.1 Å². The van der Waals surface area contributed by atoms with Crippen LogP contribution in [0, 0.1) is 0 Å². The summed E-state index contributed by atoms with van der Waals surface area (Å²) in [4.78, 5) is 6.74. The molecule has 3 N–H and O–H groups in total. The first-order chi connectivity index (χ1) is 10.1. The van der Waals surface area contributed by atoms with Crippen molar-refractivity contribution >= 4 is 34.3 Å². The predicted octanol–water partition coefficient (Wildman–Crippen LogP) is 3.31. The second kappa shape index (κ2) is 7.04. The van der Waals surface area contributed by atoms with Crippen molar-refractivity contribution in [2.75, 3.05) is 23.3 Å². The summed E-state index contributed by atoms with van der Waals surface area (Å²) in [5.41, 5.74) is 9.38. The summed E-state index contributed by atoms with van der Waals surface area (Å²) >= 11 is 4.94. The van der Waals surface area contributed by atoms with Crippen LogP contribution in [0.4, 0.5) is 17.1 Å². The lowest BCUT2D eigenvalue weighted by Gasteiger charge is -2.21. The zero-order valence-electron chi connectivity index (χ0n) is 12.3. The minimum atomic E-state index is 0.301. The number of pyridine rings is 1. The van der Waals surface area contributed by atoms with E-state index in [2.05, 4.69) is 53.3 Å². The van der Waals surface area contributed by atoms with Crippen LogP contribution in [0.2, 0.25) is 0 Å². The largest absolute Gasteiger partial charge is 0.388 e. The normalized spacial score (nSPS) is 10.2. The van der Waals surface area contributed by atoms with Gasteiger partial charge >= 0.3 is 0 Å². The standard InChI is InChI=1S/C16H20N4S/c1-3-20(4-2)14-7-5-12(6-8-14)19-13-9-10-18-15(11-13)16(17)21/h5-11H,3-4H2,1-2H3,(H2,17,21)(H,18,19). The Morgan fingerprint density at radius 3 is 2.38 bits per heavy atom. The fourth-order valence-electron chi connectivity index (χ4n) is 2.15. The SMILES string of the molecule is CCN(CC)c1ccc(Nc2ccnc(C(N)=S)c2)cc1. The van der Waals surface area contributed by atoms with E-state index in [0.717, 1.165) is 24.5 Å². The average Bonchev–Trinajstić information content (AvgIpc) is 2.50. The third-order valence-electron chi connectivity index (χ3n) is 3.30. The maximum absolute atomic E-state index is 5.60. The second-order valence-electron chi connectivity index (χ2n) is 4.64. The molecule has 0 saturated heterocycles. The lowest BCUT2D eigenvalue weighted by atomic mass is 10.2. The van der Waals surface area contributed by atoms with Crippen LogP contribution >= 0.6 is 12.2 Å². The number of hydrogen-bond donors (Lipinski definition) is 2. The highest BCUT2D eigenvalue weighted by Crippen LogP contribution is 2.21. The highest BCUT2D eigenvalue weighted by molar-refractivity contribution is 7.80. The lowest BCUT2D eigenvalue weighted by molar-refractivity contribution is 0.866. The molecule has 0 radical (unpaired) electrons. The summed E-state index contributed by atoms with van der Waals surface area (Å²) < 4.78 is 0. The molecular formula is C16H20N4S. The molecule has 0 bridgehead atoms. The van der Waals surface area contributed by atoms with Crippen LogP contribution in [-0.2, 0) is 0 Å². The Balaban J connectivity index is 2.13. The van der Waals surface area contributed by atoms with Crippen LogP contribution in [0.25, 0.3) is 0 Å². The van der Waals surface area contributed by atoms with Gasteiger partial charge < -0.3 is 16.0 Å². The smallest absolute Gasteiger partial charge is 0.122 e. The Bertz CT molecular complexity index is 606. The maximum Gasteiger partial charge on any atom is 0.122 e. The van der Waals surface area contributed by atoms with Crippen molar-refractivity contribution < 1.29 is 0 Å². The lowest BCUT2D eigenvalue weighted by Crippen LogP contribution is -2.21. The highest BCUT2D eigenvalue weighted by Gasteiger charge is 2.03. The third kappa shape index (κ3) is 3.92. The third-order valence-corrected chi connectivity index (χ3v) is 3.51. The number of anilines is 3. The number of benzene rings is 1. The summed E-state index contributed by atoms with van der Waals surface area (Å²) in [7, 11) is 0. The van der Waals surface area contributed by atoms with Crippen molar-refractivity contribution in [2.45, 2.75) is 13.8 Å². The Kier molecular flexibility index (Phi) is 5.11. The van der Waals surface area contributed by atoms with Gasteiger partial charge in [-0.1, -0.05) is 12.2 Å². The summed E-state index contributed by atoms with van der Waals surface area (Å²) in [6.07, 6.45) is 1.70. The van der Waals surface area contributed by atoms with Gasteiger partial charge in [0.2, 0.25) is 0 Å². The summed E-state index contributed by atoms with van der Waals surface area (Å²) in [6, 6.07) is 12.1. The van der Waals surface area contributed by atoms with Crippen LogP contribution in [0.3, 0.4) is 0 Å². The van der Waals surface area contributed by atoms with Gasteiger partial charge in [-0.15, -0.1) is 0 Å². The van der Waals surface area contributed by atoms with E-state index in [-0.39, 0.29) is 0 Å². The van der Waals surface area contributed by atoms with Crippen LogP contribution in [0.15, 0.2) is 42.6 Å². The molecule has 1 heterocycles. The molecule has 0 saturated carbocycles. The van der Waals surface area contributed by atoms with Crippen molar-refractivity contribution in [1.29, 1.82) is 0 Å². The van der Waals surface area contributed by atoms with Gasteiger partial charge in [0.1, 0.15) is 4.99 Å². The fraction of sp³-hybridized carbons (Fsp3) is 0.250. The van der Waals surface area contributed by atoms with Gasteiger partial charge in [0.05, 0.1) is 5.69 Å². The monoisotopic (exact) mass is 300 g/mol. The molecule has 2 rings (SSSR count). The predicted molar refractivity (Wildman–Crippen MR) is 93.4 cm³/mol. The number of thiocarbonyl (C=S) groups is 1. The minimum Gasteiger partial charge on any atom is -0.388 e. The first-order valence-electron chi connectivity index (χ1n) is 7.02. The van der Waals surface area contributed by atoms with E-state index in [1.54, 1.807) is 6.20 Å². The summed E-state index contributed by atoms with van der Waals surface area (Å²) in [5, 5.41) is 3.33. The van der Waals surface area contributed by atoms with Crippen molar-refractivity contribution in [2.24, 2.45) is 5.73 Å². The van der Waals surface area contributed by atoms with Gasteiger partial charge in [-0.3, -0.25) is 4.98 Å². The molecule has 1 aromatic heterocycles. The quantitative estimate of drug-likeness (QED) is 0.802. The number of aromatic nitrogens is 1. The molecule has 0 spiro atoms. The number of nitrogens with two attached hydrogens (primary N) is 1. The molecule has 0 atom stereocenters. The Hall–Kier alpha value is -2.14. The van der Waals surface area contributed by atoms with Gasteiger partial charge in [0.25, 0.3) is 0 Å². The average molecular weight is 300 g/mol. The van der Waals surface area contributed by atoms with Crippen molar-refractivity contribution in [1.82, 2.24) is 4.98 Å². The zero-order valence-corrected chi connectivity index (χ0v) is 13.2. The topological polar surface area (TPSA) is 54.2 Å². The van der Waals surface area contributed by atoms with E-state index in [1.165, 1.54) is 5.69 Å². The maximum atomic E-state index is 5.60. The van der Waals surface area contributed by atoms with Gasteiger partial charge in [-0.25, -0.2) is 0 Å². The first-order valence-corrected chi connectivity index (χ1v) is 7.42. The fourth-order valence-corrected chi connectivity index (χ4v) is 2.27. The summed E-state index contributed by atoms with van der Waals surface area (Å²) in [5.74, 6) is 0. The number of rotatable bonds is 6. The number of nitrogens with one attached hydrogen (secondary N) is 1. The van der Waals surface area contributed by atoms with Gasteiger partial charge in [-0.05, 0) is 50.2 Å². The highest BCUT2D eigenvalue weighted by atomic mass is 32.1. The molecule has 0 aliphatic rings. The molecule has 0 aliphatic heterocycles. The van der Waals surface area contributed by atoms with Crippen LogP contribution < -0.4 is 16.0 Å². The summed E-state index contributed by atoms with van der Waals surface area (Å²) in [6.45, 7) is 6.32. The zero-order chi connectivity index (χ0) is 15.2. The molecule has 21 heavy (non-hydrogen) atoms. The van der Waals surface area contributed by atoms with Gasteiger partial charge in [-0.2, -0.15) is 0 Å². The van der Waals surface area contributed by atoms with E-state index < -0.39 is 0 Å². The minimum absolute atomic E-state index is 0.301. The van der Waals surface area contributed by atoms with E-state index in [9.17, 15) is 0 Å². The molecule has 2 aromatic rings. The molecule has 0 unspecified atom stereocenters. The van der Waals surface area contributed by atoms with Crippen LogP contribution in [-0.4, -0.2) is 23.1 Å². The Morgan fingerprint density at radius 1 is 1.14 bits per heavy atom. The number of nitrogens with zero attached hydrogens (tertiary/aromatic N) is 2. The van der Waals surface area contributed by atoms with Gasteiger partial charge in [0, 0.05) is 36.3 Å². The van der Waals surface area contributed by atoms with Crippen molar-refractivity contribution in [3.8, 4) is 0 Å².